The minimum Gasteiger partial charge on any atom is -0.385 e. The molecule has 1 unspecified atom stereocenters. The van der Waals surface area contributed by atoms with Gasteiger partial charge < -0.3 is 10.6 Å². The molecule has 0 amide bonds. The molecule has 0 bridgehead atoms. The summed E-state index contributed by atoms with van der Waals surface area (Å²) in [5.41, 5.74) is 8.83. The van der Waals surface area contributed by atoms with E-state index >= 15 is 0 Å². The summed E-state index contributed by atoms with van der Waals surface area (Å²) in [6.45, 7) is 2.67. The van der Waals surface area contributed by atoms with Gasteiger partial charge in [0.1, 0.15) is 11.0 Å². The van der Waals surface area contributed by atoms with Crippen LogP contribution < -0.4 is 10.6 Å². The summed E-state index contributed by atoms with van der Waals surface area (Å²) in [6.07, 6.45) is 0. The number of halogens is 1. The van der Waals surface area contributed by atoms with E-state index in [1.54, 1.807) is 6.07 Å². The van der Waals surface area contributed by atoms with Gasteiger partial charge in [0.25, 0.3) is 0 Å². The van der Waals surface area contributed by atoms with Gasteiger partial charge in [0.05, 0.1) is 24.0 Å². The van der Waals surface area contributed by atoms with Crippen LogP contribution in [0.4, 0.5) is 11.4 Å². The smallest absolute Gasteiger partial charge is 0.129 e. The zero-order valence-electron chi connectivity index (χ0n) is 11.1. The number of benzene rings is 1. The molecule has 0 fully saturated rings. The van der Waals surface area contributed by atoms with Gasteiger partial charge in [-0.3, -0.25) is 0 Å². The Morgan fingerprint density at radius 1 is 1.20 bits per heavy atom. The number of pyridine rings is 1. The van der Waals surface area contributed by atoms with E-state index < -0.39 is 0 Å². The van der Waals surface area contributed by atoms with Gasteiger partial charge in [0.2, 0.25) is 0 Å². The lowest BCUT2D eigenvalue weighted by atomic mass is 10.2. The summed E-state index contributed by atoms with van der Waals surface area (Å²) in [5.74, 6) is 0.580. The fraction of sp³-hybridized carbons (Fsp3) is 0.200. The number of anilines is 1. The fourth-order valence-electron chi connectivity index (χ4n) is 2.31. The van der Waals surface area contributed by atoms with Crippen LogP contribution in [0.15, 0.2) is 47.5 Å². The quantitative estimate of drug-likeness (QED) is 0.820. The van der Waals surface area contributed by atoms with Crippen LogP contribution in [0.3, 0.4) is 0 Å². The minimum atomic E-state index is 0.00498. The summed E-state index contributed by atoms with van der Waals surface area (Å²) in [4.78, 5) is 11.0. The number of aromatic nitrogens is 1. The van der Waals surface area contributed by atoms with Gasteiger partial charge in [-0.1, -0.05) is 29.8 Å². The van der Waals surface area contributed by atoms with Crippen molar-refractivity contribution in [3.05, 3.63) is 53.3 Å². The van der Waals surface area contributed by atoms with E-state index in [1.807, 2.05) is 31.2 Å². The van der Waals surface area contributed by atoms with Crippen molar-refractivity contribution in [2.45, 2.75) is 19.5 Å². The molecule has 1 aliphatic heterocycles. The van der Waals surface area contributed by atoms with E-state index in [2.05, 4.69) is 27.0 Å². The number of hydrogen-bond acceptors (Lipinski definition) is 4. The van der Waals surface area contributed by atoms with Gasteiger partial charge in [-0.05, 0) is 31.2 Å². The SMILES string of the molecule is CC1C(N)=Nc2ccc(Cl)nc2CN1c1ccccc1. The highest BCUT2D eigenvalue weighted by Gasteiger charge is 2.23. The summed E-state index contributed by atoms with van der Waals surface area (Å²) in [5, 5.41) is 0.472. The Hall–Kier alpha value is -2.07. The van der Waals surface area contributed by atoms with E-state index in [-0.39, 0.29) is 6.04 Å². The monoisotopic (exact) mass is 286 g/mol. The standard InChI is InChI=1S/C15H15ClN4/c1-10-15(17)19-12-7-8-14(16)18-13(12)9-20(10)11-5-3-2-4-6-11/h2-8,10H,9H2,1H3,(H2,17,19). The molecule has 4 nitrogen and oxygen atoms in total. The zero-order chi connectivity index (χ0) is 14.1. The number of nitrogens with zero attached hydrogens (tertiary/aromatic N) is 3. The molecule has 0 saturated heterocycles. The molecule has 0 spiro atoms. The van der Waals surface area contributed by atoms with Gasteiger partial charge in [-0.2, -0.15) is 0 Å². The fourth-order valence-corrected chi connectivity index (χ4v) is 2.48. The highest BCUT2D eigenvalue weighted by Crippen LogP contribution is 2.28. The first kappa shape index (κ1) is 12.9. The number of amidine groups is 1. The molecule has 1 aromatic heterocycles. The number of nitrogens with two attached hydrogens (primary N) is 1. The number of para-hydroxylation sites is 1. The van der Waals surface area contributed by atoms with Crippen molar-refractivity contribution in [2.75, 3.05) is 4.90 Å². The van der Waals surface area contributed by atoms with Gasteiger partial charge in [-0.25, -0.2) is 9.98 Å². The maximum absolute atomic E-state index is 6.11. The molecular formula is C15H15ClN4. The van der Waals surface area contributed by atoms with Gasteiger partial charge in [-0.15, -0.1) is 0 Å². The first-order valence-corrected chi connectivity index (χ1v) is 6.84. The summed E-state index contributed by atoms with van der Waals surface area (Å²) >= 11 is 5.99. The maximum Gasteiger partial charge on any atom is 0.129 e. The molecule has 1 aromatic carbocycles. The van der Waals surface area contributed by atoms with Crippen LogP contribution >= 0.6 is 11.6 Å². The minimum absolute atomic E-state index is 0.00498. The zero-order valence-corrected chi connectivity index (χ0v) is 11.9. The van der Waals surface area contributed by atoms with Crippen LogP contribution in [-0.2, 0) is 6.54 Å². The third-order valence-electron chi connectivity index (χ3n) is 3.47. The Kier molecular flexibility index (Phi) is 3.32. The average molecular weight is 287 g/mol. The summed E-state index contributed by atoms with van der Waals surface area (Å²) < 4.78 is 0. The Morgan fingerprint density at radius 2 is 1.95 bits per heavy atom. The molecule has 0 aliphatic carbocycles. The van der Waals surface area contributed by atoms with Crippen LogP contribution in [0.2, 0.25) is 5.15 Å². The molecule has 2 aromatic rings. The van der Waals surface area contributed by atoms with Crippen LogP contribution in [0.25, 0.3) is 0 Å². The van der Waals surface area contributed by atoms with E-state index in [1.165, 1.54) is 0 Å². The lowest BCUT2D eigenvalue weighted by Gasteiger charge is -2.29. The van der Waals surface area contributed by atoms with Crippen molar-refractivity contribution < 1.29 is 0 Å². The number of hydrogen-bond donors (Lipinski definition) is 1. The molecule has 0 saturated carbocycles. The largest absolute Gasteiger partial charge is 0.385 e. The summed E-state index contributed by atoms with van der Waals surface area (Å²) in [7, 11) is 0. The average Bonchev–Trinajstić information content (AvgIpc) is 2.58. The number of rotatable bonds is 1. The third kappa shape index (κ3) is 2.34. The van der Waals surface area contributed by atoms with Crippen LogP contribution in [0.1, 0.15) is 12.6 Å². The molecule has 1 atom stereocenters. The van der Waals surface area contributed by atoms with Crippen molar-refractivity contribution in [3.8, 4) is 0 Å². The second-order valence-corrected chi connectivity index (χ2v) is 5.16. The molecule has 3 rings (SSSR count). The molecule has 0 radical (unpaired) electrons. The third-order valence-corrected chi connectivity index (χ3v) is 3.68. The second kappa shape index (κ2) is 5.13. The Bertz CT molecular complexity index is 654. The first-order valence-electron chi connectivity index (χ1n) is 6.46. The lowest BCUT2D eigenvalue weighted by molar-refractivity contribution is 0.752. The van der Waals surface area contributed by atoms with Crippen LogP contribution in [0, 0.1) is 0 Å². The van der Waals surface area contributed by atoms with E-state index in [0.29, 0.717) is 17.5 Å². The van der Waals surface area contributed by atoms with Crippen LogP contribution in [-0.4, -0.2) is 16.9 Å². The molecule has 1 aliphatic rings. The van der Waals surface area contributed by atoms with Gasteiger partial charge in [0, 0.05) is 5.69 Å². The predicted molar refractivity (Wildman–Crippen MR) is 82.6 cm³/mol. The maximum atomic E-state index is 6.11. The van der Waals surface area contributed by atoms with E-state index in [0.717, 1.165) is 17.1 Å². The molecular weight excluding hydrogens is 272 g/mol. The van der Waals surface area contributed by atoms with Crippen molar-refractivity contribution in [1.29, 1.82) is 0 Å². The number of fused-ring (bicyclic) bond motifs is 1. The van der Waals surface area contributed by atoms with Crippen molar-refractivity contribution >= 4 is 28.8 Å². The highest BCUT2D eigenvalue weighted by molar-refractivity contribution is 6.29. The first-order chi connectivity index (χ1) is 9.65. The topological polar surface area (TPSA) is 54.5 Å². The second-order valence-electron chi connectivity index (χ2n) is 4.78. The molecule has 2 N–H and O–H groups in total. The molecule has 20 heavy (non-hydrogen) atoms. The van der Waals surface area contributed by atoms with E-state index in [9.17, 15) is 0 Å². The molecule has 102 valence electrons. The molecule has 5 heteroatoms. The Balaban J connectivity index is 2.08. The molecule has 2 heterocycles. The lowest BCUT2D eigenvalue weighted by Crippen LogP contribution is -2.41. The Labute approximate surface area is 122 Å². The normalized spacial score (nSPS) is 18.2. The van der Waals surface area contributed by atoms with Crippen molar-refractivity contribution in [1.82, 2.24) is 4.98 Å². The summed E-state index contributed by atoms with van der Waals surface area (Å²) in [6, 6.07) is 13.7. The number of aliphatic imine (C=N–C) groups is 1. The van der Waals surface area contributed by atoms with Crippen molar-refractivity contribution in [2.24, 2.45) is 10.7 Å². The highest BCUT2D eigenvalue weighted by atomic mass is 35.5. The van der Waals surface area contributed by atoms with Gasteiger partial charge >= 0.3 is 0 Å². The van der Waals surface area contributed by atoms with Crippen molar-refractivity contribution in [3.63, 3.8) is 0 Å². The predicted octanol–water partition coefficient (Wildman–Crippen LogP) is 3.13. The Morgan fingerprint density at radius 3 is 2.70 bits per heavy atom. The van der Waals surface area contributed by atoms with Gasteiger partial charge in [0.15, 0.2) is 0 Å². The van der Waals surface area contributed by atoms with Crippen LogP contribution in [0.5, 0.6) is 0 Å². The van der Waals surface area contributed by atoms with E-state index in [4.69, 9.17) is 17.3 Å².